The van der Waals surface area contributed by atoms with Crippen LogP contribution in [0.15, 0.2) is 54.6 Å². The van der Waals surface area contributed by atoms with Crippen LogP contribution in [0.2, 0.25) is 0 Å². The highest BCUT2D eigenvalue weighted by molar-refractivity contribution is 5.94. The molecule has 2 aromatic carbocycles. The number of benzene rings is 2. The van der Waals surface area contributed by atoms with Crippen molar-refractivity contribution in [3.63, 3.8) is 0 Å². The molecule has 1 fully saturated rings. The zero-order chi connectivity index (χ0) is 19.8. The lowest BCUT2D eigenvalue weighted by molar-refractivity contribution is 0.0569. The van der Waals surface area contributed by atoms with E-state index in [1.807, 2.05) is 30.3 Å². The van der Waals surface area contributed by atoms with E-state index >= 15 is 0 Å². The molecule has 0 spiro atoms. The molecule has 1 aliphatic heterocycles. The predicted molar refractivity (Wildman–Crippen MR) is 103 cm³/mol. The molecule has 0 aromatic heterocycles. The summed E-state index contributed by atoms with van der Waals surface area (Å²) in [7, 11) is 0. The molecule has 148 valence electrons. The molecule has 7 heteroatoms. The van der Waals surface area contributed by atoms with E-state index in [2.05, 4.69) is 5.32 Å². The Morgan fingerprint density at radius 2 is 1.86 bits per heavy atom. The van der Waals surface area contributed by atoms with Gasteiger partial charge in [-0.1, -0.05) is 30.3 Å². The van der Waals surface area contributed by atoms with Crippen LogP contribution in [0, 0.1) is 0 Å². The van der Waals surface area contributed by atoms with Gasteiger partial charge in [-0.25, -0.2) is 4.79 Å². The Labute approximate surface area is 163 Å². The lowest BCUT2D eigenvalue weighted by Gasteiger charge is -2.19. The first-order valence-electron chi connectivity index (χ1n) is 9.26. The van der Waals surface area contributed by atoms with Gasteiger partial charge in [0.05, 0.1) is 12.7 Å². The zero-order valence-corrected chi connectivity index (χ0v) is 15.5. The van der Waals surface area contributed by atoms with E-state index in [1.165, 1.54) is 12.1 Å². The van der Waals surface area contributed by atoms with Gasteiger partial charge < -0.3 is 24.8 Å². The van der Waals surface area contributed by atoms with Gasteiger partial charge in [-0.05, 0) is 36.2 Å². The molecule has 1 atom stereocenters. The summed E-state index contributed by atoms with van der Waals surface area (Å²) < 4.78 is 11.1. The first-order valence-corrected chi connectivity index (χ1v) is 9.26. The van der Waals surface area contributed by atoms with E-state index in [1.54, 1.807) is 17.0 Å². The highest BCUT2D eigenvalue weighted by Gasteiger charge is 2.22. The normalized spacial score (nSPS) is 16.9. The van der Waals surface area contributed by atoms with Gasteiger partial charge in [0.15, 0.2) is 0 Å². The number of nitrogens with one attached hydrogen (secondary N) is 1. The smallest absolute Gasteiger partial charge is 0.410 e. The van der Waals surface area contributed by atoms with Gasteiger partial charge in [0.1, 0.15) is 12.4 Å². The Kier molecular flexibility index (Phi) is 6.86. The van der Waals surface area contributed by atoms with Crippen LogP contribution in [0.25, 0.3) is 0 Å². The minimum Gasteiger partial charge on any atom is -0.508 e. The molecular formula is C21H24N2O5. The molecular weight excluding hydrogens is 360 g/mol. The first-order chi connectivity index (χ1) is 13.6. The molecule has 28 heavy (non-hydrogen) atoms. The minimum absolute atomic E-state index is 0.114. The molecule has 0 saturated carbocycles. The highest BCUT2D eigenvalue weighted by atomic mass is 16.6. The average molecular weight is 384 g/mol. The van der Waals surface area contributed by atoms with Crippen molar-refractivity contribution in [3.05, 3.63) is 65.7 Å². The maximum absolute atomic E-state index is 12.3. The number of aromatic hydroxyl groups is 1. The molecule has 1 aliphatic rings. The number of carbonyl (C=O) groups excluding carboxylic acids is 2. The Morgan fingerprint density at radius 1 is 1.11 bits per heavy atom. The molecule has 7 nitrogen and oxygen atoms in total. The lowest BCUT2D eigenvalue weighted by atomic mass is 10.2. The van der Waals surface area contributed by atoms with Crippen molar-refractivity contribution >= 4 is 12.0 Å². The van der Waals surface area contributed by atoms with Crippen LogP contribution in [0.5, 0.6) is 5.75 Å². The van der Waals surface area contributed by atoms with Crippen molar-refractivity contribution in [3.8, 4) is 5.75 Å². The van der Waals surface area contributed by atoms with Crippen molar-refractivity contribution in [2.75, 3.05) is 26.2 Å². The van der Waals surface area contributed by atoms with Gasteiger partial charge in [0, 0.05) is 25.2 Å². The molecule has 3 rings (SSSR count). The van der Waals surface area contributed by atoms with E-state index in [-0.39, 0.29) is 30.5 Å². The third-order valence-electron chi connectivity index (χ3n) is 4.52. The second-order valence-corrected chi connectivity index (χ2v) is 6.57. The number of phenols is 1. The topological polar surface area (TPSA) is 88.1 Å². The van der Waals surface area contributed by atoms with E-state index in [0.717, 1.165) is 5.56 Å². The maximum atomic E-state index is 12.3. The van der Waals surface area contributed by atoms with Gasteiger partial charge in [0.25, 0.3) is 5.91 Å². The largest absolute Gasteiger partial charge is 0.508 e. The fraction of sp³-hybridized carbons (Fsp3) is 0.333. The van der Waals surface area contributed by atoms with Gasteiger partial charge >= 0.3 is 6.09 Å². The standard InChI is InChI=1S/C21H24N2O5/c24-18-8-6-17(7-9-18)20(25)22-14-19-10-11-23(12-13-27-19)21(26)28-15-16-4-2-1-3-5-16/h1-9,19,24H,10-15H2,(H,22,25). The van der Waals surface area contributed by atoms with Crippen LogP contribution in [-0.4, -0.2) is 54.4 Å². The third-order valence-corrected chi connectivity index (χ3v) is 4.52. The van der Waals surface area contributed by atoms with Crippen LogP contribution >= 0.6 is 0 Å². The summed E-state index contributed by atoms with van der Waals surface area (Å²) in [5.41, 5.74) is 1.41. The minimum atomic E-state index is -0.360. The lowest BCUT2D eigenvalue weighted by Crippen LogP contribution is -2.35. The molecule has 2 amide bonds. The summed E-state index contributed by atoms with van der Waals surface area (Å²) >= 11 is 0. The second kappa shape index (κ2) is 9.75. The fourth-order valence-corrected chi connectivity index (χ4v) is 2.90. The number of carbonyl (C=O) groups is 2. The van der Waals surface area contributed by atoms with E-state index in [9.17, 15) is 14.7 Å². The molecule has 0 bridgehead atoms. The molecule has 2 aromatic rings. The first kappa shape index (κ1) is 19.7. The van der Waals surface area contributed by atoms with Crippen LogP contribution in [-0.2, 0) is 16.1 Å². The SMILES string of the molecule is O=C(NCC1CCN(C(=O)OCc2ccccc2)CCO1)c1ccc(O)cc1. The van der Waals surface area contributed by atoms with E-state index in [4.69, 9.17) is 9.47 Å². The van der Waals surface area contributed by atoms with Gasteiger partial charge in [-0.15, -0.1) is 0 Å². The van der Waals surface area contributed by atoms with Crippen LogP contribution in [0.3, 0.4) is 0 Å². The number of ether oxygens (including phenoxy) is 2. The van der Waals surface area contributed by atoms with Crippen LogP contribution < -0.4 is 5.32 Å². The van der Waals surface area contributed by atoms with Gasteiger partial charge in [-0.2, -0.15) is 0 Å². The van der Waals surface area contributed by atoms with Crippen LogP contribution in [0.1, 0.15) is 22.3 Å². The van der Waals surface area contributed by atoms with Gasteiger partial charge in [0.2, 0.25) is 0 Å². The molecule has 1 heterocycles. The Hall–Kier alpha value is -3.06. The van der Waals surface area contributed by atoms with Crippen molar-refractivity contribution in [2.24, 2.45) is 0 Å². The number of phenolic OH excluding ortho intramolecular Hbond substituents is 1. The fourth-order valence-electron chi connectivity index (χ4n) is 2.90. The molecule has 0 aliphatic carbocycles. The number of nitrogens with zero attached hydrogens (tertiary/aromatic N) is 1. The molecule has 1 saturated heterocycles. The van der Waals surface area contributed by atoms with E-state index in [0.29, 0.717) is 38.2 Å². The molecule has 0 radical (unpaired) electrons. The highest BCUT2D eigenvalue weighted by Crippen LogP contribution is 2.11. The van der Waals surface area contributed by atoms with Crippen LogP contribution in [0.4, 0.5) is 4.79 Å². The third kappa shape index (κ3) is 5.72. The molecule has 2 N–H and O–H groups in total. The predicted octanol–water partition coefficient (Wildman–Crippen LogP) is 2.55. The summed E-state index contributed by atoms with van der Waals surface area (Å²) in [5.74, 6) is -0.116. The number of hydrogen-bond acceptors (Lipinski definition) is 5. The van der Waals surface area contributed by atoms with Crippen molar-refractivity contribution in [1.29, 1.82) is 0 Å². The Morgan fingerprint density at radius 3 is 2.61 bits per heavy atom. The average Bonchev–Trinajstić information content (AvgIpc) is 2.97. The zero-order valence-electron chi connectivity index (χ0n) is 15.5. The summed E-state index contributed by atoms with van der Waals surface area (Å²) in [5, 5.41) is 12.1. The number of hydrogen-bond donors (Lipinski definition) is 2. The number of rotatable bonds is 5. The quantitative estimate of drug-likeness (QED) is 0.827. The van der Waals surface area contributed by atoms with Crippen molar-refractivity contribution < 1.29 is 24.2 Å². The van der Waals surface area contributed by atoms with Crippen molar-refractivity contribution in [2.45, 2.75) is 19.1 Å². The Balaban J connectivity index is 1.42. The summed E-state index contributed by atoms with van der Waals surface area (Å²) in [6.45, 7) is 1.94. The summed E-state index contributed by atoms with van der Waals surface area (Å²) in [4.78, 5) is 26.0. The number of amides is 2. The summed E-state index contributed by atoms with van der Waals surface area (Å²) in [6, 6.07) is 15.6. The van der Waals surface area contributed by atoms with E-state index < -0.39 is 0 Å². The maximum Gasteiger partial charge on any atom is 0.410 e. The molecule has 1 unspecified atom stereocenters. The monoisotopic (exact) mass is 384 g/mol. The Bertz CT molecular complexity index is 779. The van der Waals surface area contributed by atoms with Crippen molar-refractivity contribution in [1.82, 2.24) is 10.2 Å². The second-order valence-electron chi connectivity index (χ2n) is 6.57. The van der Waals surface area contributed by atoms with Gasteiger partial charge in [-0.3, -0.25) is 4.79 Å². The summed E-state index contributed by atoms with van der Waals surface area (Å²) in [6.07, 6.45) is 0.0743.